The highest BCUT2D eigenvalue weighted by Crippen LogP contribution is 2.25. The summed E-state index contributed by atoms with van der Waals surface area (Å²) in [5, 5.41) is 8.45. The van der Waals surface area contributed by atoms with Crippen LogP contribution < -0.4 is 16.2 Å². The SMILES string of the molecule is CCC(C)N(C)CCNc1cc(N)cc(S(N)(=O)=O)c1C. The predicted octanol–water partition coefficient (Wildman–Crippen LogP) is 1.37. The average molecular weight is 314 g/mol. The fourth-order valence-electron chi connectivity index (χ4n) is 2.09. The molecule has 21 heavy (non-hydrogen) atoms. The molecule has 1 atom stereocenters. The van der Waals surface area contributed by atoms with Gasteiger partial charge in [0.1, 0.15) is 0 Å². The molecule has 7 heteroatoms. The maximum Gasteiger partial charge on any atom is 0.238 e. The van der Waals surface area contributed by atoms with E-state index in [4.69, 9.17) is 10.9 Å². The first kappa shape index (κ1) is 17.7. The third kappa shape index (κ3) is 4.87. The zero-order valence-electron chi connectivity index (χ0n) is 13.2. The quantitative estimate of drug-likeness (QED) is 0.660. The third-order valence-electron chi connectivity index (χ3n) is 3.81. The van der Waals surface area contributed by atoms with E-state index < -0.39 is 10.0 Å². The zero-order valence-corrected chi connectivity index (χ0v) is 14.0. The summed E-state index contributed by atoms with van der Waals surface area (Å²) in [5.74, 6) is 0. The normalized spacial score (nSPS) is 13.4. The van der Waals surface area contributed by atoms with Crippen molar-refractivity contribution in [1.82, 2.24) is 4.90 Å². The van der Waals surface area contributed by atoms with Crippen LogP contribution in [0.4, 0.5) is 11.4 Å². The van der Waals surface area contributed by atoms with Crippen LogP contribution in [0.15, 0.2) is 17.0 Å². The maximum atomic E-state index is 11.6. The second kappa shape index (κ2) is 7.11. The molecular weight excluding hydrogens is 288 g/mol. The summed E-state index contributed by atoms with van der Waals surface area (Å²) >= 11 is 0. The Morgan fingerprint density at radius 3 is 2.52 bits per heavy atom. The van der Waals surface area contributed by atoms with E-state index in [-0.39, 0.29) is 4.90 Å². The molecule has 0 bridgehead atoms. The van der Waals surface area contributed by atoms with Gasteiger partial charge in [-0.05, 0) is 45.0 Å². The lowest BCUT2D eigenvalue weighted by molar-refractivity contribution is 0.261. The van der Waals surface area contributed by atoms with Crippen LogP contribution in [-0.4, -0.2) is 39.5 Å². The number of likely N-dealkylation sites (N-methyl/N-ethyl adjacent to an activating group) is 1. The van der Waals surface area contributed by atoms with Crippen LogP contribution in [0, 0.1) is 6.92 Å². The van der Waals surface area contributed by atoms with E-state index in [1.54, 1.807) is 13.0 Å². The highest BCUT2D eigenvalue weighted by molar-refractivity contribution is 7.89. The molecule has 0 aliphatic rings. The number of nitrogens with one attached hydrogen (secondary N) is 1. The molecule has 1 unspecified atom stereocenters. The molecule has 0 aliphatic heterocycles. The highest BCUT2D eigenvalue weighted by atomic mass is 32.2. The van der Waals surface area contributed by atoms with Gasteiger partial charge in [-0.15, -0.1) is 0 Å². The van der Waals surface area contributed by atoms with Crippen molar-refractivity contribution in [1.29, 1.82) is 0 Å². The molecule has 1 rings (SSSR count). The molecule has 5 N–H and O–H groups in total. The molecular formula is C14H26N4O2S. The summed E-state index contributed by atoms with van der Waals surface area (Å²) in [6.45, 7) is 7.60. The molecule has 6 nitrogen and oxygen atoms in total. The lowest BCUT2D eigenvalue weighted by Gasteiger charge is -2.24. The Bertz CT molecular complexity index is 587. The van der Waals surface area contributed by atoms with Gasteiger partial charge in [-0.2, -0.15) is 0 Å². The minimum absolute atomic E-state index is 0.0697. The van der Waals surface area contributed by atoms with Gasteiger partial charge in [-0.3, -0.25) is 0 Å². The van der Waals surface area contributed by atoms with Gasteiger partial charge in [0, 0.05) is 30.5 Å². The molecule has 120 valence electrons. The lowest BCUT2D eigenvalue weighted by Crippen LogP contribution is -2.32. The van der Waals surface area contributed by atoms with E-state index in [1.165, 1.54) is 6.07 Å². The Hall–Kier alpha value is -1.31. The average Bonchev–Trinajstić information content (AvgIpc) is 2.39. The number of primary sulfonamides is 1. The van der Waals surface area contributed by atoms with Gasteiger partial charge in [-0.1, -0.05) is 6.92 Å². The predicted molar refractivity (Wildman–Crippen MR) is 87.8 cm³/mol. The Kier molecular flexibility index (Phi) is 6.00. The number of anilines is 2. The van der Waals surface area contributed by atoms with Gasteiger partial charge in [-0.25, -0.2) is 13.6 Å². The summed E-state index contributed by atoms with van der Waals surface area (Å²) in [5.41, 5.74) is 7.43. The number of nitrogens with two attached hydrogens (primary N) is 2. The van der Waals surface area contributed by atoms with Gasteiger partial charge in [0.05, 0.1) is 4.90 Å². The molecule has 0 spiro atoms. The number of hydrogen-bond acceptors (Lipinski definition) is 5. The second-order valence-electron chi connectivity index (χ2n) is 5.40. The van der Waals surface area contributed by atoms with Crippen LogP contribution in [0.5, 0.6) is 0 Å². The molecule has 0 fully saturated rings. The largest absolute Gasteiger partial charge is 0.399 e. The fraction of sp³-hybridized carbons (Fsp3) is 0.571. The van der Waals surface area contributed by atoms with Gasteiger partial charge in [0.15, 0.2) is 0 Å². The van der Waals surface area contributed by atoms with Crippen LogP contribution in [0.3, 0.4) is 0 Å². The van der Waals surface area contributed by atoms with Crippen molar-refractivity contribution in [2.75, 3.05) is 31.2 Å². The highest BCUT2D eigenvalue weighted by Gasteiger charge is 2.15. The third-order valence-corrected chi connectivity index (χ3v) is 4.85. The van der Waals surface area contributed by atoms with Gasteiger partial charge >= 0.3 is 0 Å². The first-order valence-electron chi connectivity index (χ1n) is 7.03. The molecule has 0 radical (unpaired) electrons. The second-order valence-corrected chi connectivity index (χ2v) is 6.93. The lowest BCUT2D eigenvalue weighted by atomic mass is 10.1. The minimum atomic E-state index is -3.77. The van der Waals surface area contributed by atoms with E-state index in [2.05, 4.69) is 31.1 Å². The Morgan fingerprint density at radius 2 is 2.00 bits per heavy atom. The van der Waals surface area contributed by atoms with Gasteiger partial charge in [0.2, 0.25) is 10.0 Å². The Morgan fingerprint density at radius 1 is 1.38 bits per heavy atom. The van der Waals surface area contributed by atoms with Crippen molar-refractivity contribution in [3.8, 4) is 0 Å². The smallest absolute Gasteiger partial charge is 0.238 e. The first-order valence-corrected chi connectivity index (χ1v) is 8.58. The van der Waals surface area contributed by atoms with E-state index >= 15 is 0 Å². The number of hydrogen-bond donors (Lipinski definition) is 3. The van der Waals surface area contributed by atoms with Gasteiger partial charge < -0.3 is 16.0 Å². The monoisotopic (exact) mass is 314 g/mol. The van der Waals surface area contributed by atoms with Crippen molar-refractivity contribution in [3.05, 3.63) is 17.7 Å². The Labute approximate surface area is 127 Å². The van der Waals surface area contributed by atoms with E-state index in [0.29, 0.717) is 29.5 Å². The van der Waals surface area contributed by atoms with E-state index in [1.807, 2.05) is 0 Å². The van der Waals surface area contributed by atoms with Crippen molar-refractivity contribution in [3.63, 3.8) is 0 Å². The molecule has 0 saturated carbocycles. The van der Waals surface area contributed by atoms with Crippen LogP contribution in [-0.2, 0) is 10.0 Å². The van der Waals surface area contributed by atoms with Crippen molar-refractivity contribution >= 4 is 21.4 Å². The van der Waals surface area contributed by atoms with Gasteiger partial charge in [0.25, 0.3) is 0 Å². The zero-order chi connectivity index (χ0) is 16.2. The summed E-state index contributed by atoms with van der Waals surface area (Å²) < 4.78 is 23.1. The summed E-state index contributed by atoms with van der Waals surface area (Å²) in [7, 11) is -1.70. The molecule has 1 aromatic rings. The van der Waals surface area contributed by atoms with Crippen LogP contribution >= 0.6 is 0 Å². The number of sulfonamides is 1. The number of nitrogen functional groups attached to an aromatic ring is 1. The van der Waals surface area contributed by atoms with Crippen LogP contribution in [0.25, 0.3) is 0 Å². The van der Waals surface area contributed by atoms with Crippen molar-refractivity contribution < 1.29 is 8.42 Å². The number of benzene rings is 1. The van der Waals surface area contributed by atoms with Crippen molar-refractivity contribution in [2.24, 2.45) is 5.14 Å². The summed E-state index contributed by atoms with van der Waals surface area (Å²) in [4.78, 5) is 2.31. The standard InChI is InChI=1S/C14H26N4O2S/c1-5-10(2)18(4)7-6-17-13-8-12(15)9-14(11(13)3)21(16,19)20/h8-10,17H,5-7,15H2,1-4H3,(H2,16,19,20). The summed E-state index contributed by atoms with van der Waals surface area (Å²) in [6.07, 6.45) is 1.09. The van der Waals surface area contributed by atoms with E-state index in [0.717, 1.165) is 13.0 Å². The fourth-order valence-corrected chi connectivity index (χ4v) is 2.92. The summed E-state index contributed by atoms with van der Waals surface area (Å²) in [6, 6.07) is 3.63. The number of rotatable bonds is 7. The molecule has 0 saturated heterocycles. The molecule has 0 heterocycles. The minimum Gasteiger partial charge on any atom is -0.399 e. The van der Waals surface area contributed by atoms with Crippen LogP contribution in [0.1, 0.15) is 25.8 Å². The molecule has 0 aromatic heterocycles. The molecule has 0 amide bonds. The first-order chi connectivity index (χ1) is 9.66. The topological polar surface area (TPSA) is 101 Å². The van der Waals surface area contributed by atoms with Crippen LogP contribution in [0.2, 0.25) is 0 Å². The number of nitrogens with zero attached hydrogens (tertiary/aromatic N) is 1. The molecule has 1 aromatic carbocycles. The van der Waals surface area contributed by atoms with Crippen molar-refractivity contribution in [2.45, 2.75) is 38.1 Å². The Balaban J connectivity index is 2.83. The van der Waals surface area contributed by atoms with E-state index in [9.17, 15) is 8.42 Å². The maximum absolute atomic E-state index is 11.6. The molecule has 0 aliphatic carbocycles.